The van der Waals surface area contributed by atoms with E-state index in [0.29, 0.717) is 28.8 Å². The summed E-state index contributed by atoms with van der Waals surface area (Å²) < 4.78 is 1.52. The smallest absolute Gasteiger partial charge is 0.323 e. The number of hydrogen-bond acceptors (Lipinski definition) is 4. The van der Waals surface area contributed by atoms with E-state index in [-0.39, 0.29) is 21.6 Å². The first kappa shape index (κ1) is 21.8. The zero-order valence-electron chi connectivity index (χ0n) is 15.3. The van der Waals surface area contributed by atoms with E-state index in [0.717, 1.165) is 17.3 Å². The van der Waals surface area contributed by atoms with E-state index >= 15 is 0 Å². The van der Waals surface area contributed by atoms with Gasteiger partial charge in [-0.05, 0) is 31.0 Å². The molecule has 2 aromatic carbocycles. The molecule has 0 aliphatic carbocycles. The van der Waals surface area contributed by atoms with E-state index in [9.17, 15) is 9.59 Å². The largest absolute Gasteiger partial charge is 0.343 e. The molecule has 0 radical (unpaired) electrons. The highest BCUT2D eigenvalue weighted by atomic mass is 35.5. The molecule has 2 N–H and O–H groups in total. The van der Waals surface area contributed by atoms with Crippen molar-refractivity contribution in [2.45, 2.75) is 30.3 Å². The zero-order valence-corrected chi connectivity index (χ0v) is 18.4. The summed E-state index contributed by atoms with van der Waals surface area (Å²) in [6.45, 7) is 2.16. The van der Waals surface area contributed by atoms with Gasteiger partial charge in [0.05, 0.1) is 21.0 Å². The summed E-state index contributed by atoms with van der Waals surface area (Å²) in [6.07, 6.45) is 0.671. The molecule has 1 unspecified atom stereocenters. The van der Waals surface area contributed by atoms with Crippen molar-refractivity contribution < 1.29 is 4.79 Å². The first-order valence-corrected chi connectivity index (χ1v) is 10.7. The Kier molecular flexibility index (Phi) is 7.29. The first-order chi connectivity index (χ1) is 13.8. The molecule has 0 saturated carbocycles. The average molecular weight is 472 g/mol. The summed E-state index contributed by atoms with van der Waals surface area (Å²) in [6, 6.07) is 12.8. The van der Waals surface area contributed by atoms with Crippen molar-refractivity contribution >= 4 is 58.2 Å². The molecule has 1 heterocycles. The highest BCUT2D eigenvalue weighted by Crippen LogP contribution is 2.34. The Balaban J connectivity index is 1.68. The number of hydrogen-bond donors (Lipinski definition) is 2. The quantitative estimate of drug-likeness (QED) is 0.481. The Labute approximate surface area is 186 Å². The van der Waals surface area contributed by atoms with Crippen LogP contribution in [0.5, 0.6) is 0 Å². The van der Waals surface area contributed by atoms with Crippen molar-refractivity contribution in [3.63, 3.8) is 0 Å². The third kappa shape index (κ3) is 5.57. The SMILES string of the molecule is CC(Sc1n[nH]c(=O)n1CCc1ccccc1)C(=O)Nc1c(Cl)cc(Cl)cc1Cl. The summed E-state index contributed by atoms with van der Waals surface area (Å²) in [4.78, 5) is 24.7. The van der Waals surface area contributed by atoms with Crippen molar-refractivity contribution in [3.05, 3.63) is 73.6 Å². The summed E-state index contributed by atoms with van der Waals surface area (Å²) in [5.74, 6) is -0.328. The van der Waals surface area contributed by atoms with Gasteiger partial charge in [0.1, 0.15) is 0 Å². The van der Waals surface area contributed by atoms with Crippen LogP contribution in [0, 0.1) is 0 Å². The van der Waals surface area contributed by atoms with Crippen LogP contribution in [-0.2, 0) is 17.8 Å². The summed E-state index contributed by atoms with van der Waals surface area (Å²) in [7, 11) is 0. The second kappa shape index (κ2) is 9.71. The minimum Gasteiger partial charge on any atom is -0.323 e. The van der Waals surface area contributed by atoms with Crippen LogP contribution in [0.15, 0.2) is 52.4 Å². The predicted octanol–water partition coefficient (Wildman–Crippen LogP) is 4.89. The number of nitrogens with zero attached hydrogens (tertiary/aromatic N) is 2. The Morgan fingerprint density at radius 2 is 1.86 bits per heavy atom. The van der Waals surface area contributed by atoms with Crippen molar-refractivity contribution in [1.29, 1.82) is 0 Å². The van der Waals surface area contributed by atoms with Crippen LogP contribution in [0.25, 0.3) is 0 Å². The van der Waals surface area contributed by atoms with Crippen molar-refractivity contribution in [3.8, 4) is 0 Å². The van der Waals surface area contributed by atoms with E-state index in [1.54, 1.807) is 6.92 Å². The maximum atomic E-state index is 12.6. The van der Waals surface area contributed by atoms with Crippen LogP contribution >= 0.6 is 46.6 Å². The molecule has 29 heavy (non-hydrogen) atoms. The molecule has 10 heteroatoms. The number of amides is 1. The highest BCUT2D eigenvalue weighted by molar-refractivity contribution is 8.00. The van der Waals surface area contributed by atoms with Crippen LogP contribution in [-0.4, -0.2) is 25.9 Å². The van der Waals surface area contributed by atoms with Crippen LogP contribution in [0.4, 0.5) is 5.69 Å². The molecule has 1 aromatic heterocycles. The van der Waals surface area contributed by atoms with E-state index < -0.39 is 5.25 Å². The number of halogens is 3. The van der Waals surface area contributed by atoms with E-state index in [4.69, 9.17) is 34.8 Å². The summed E-state index contributed by atoms with van der Waals surface area (Å²) in [5.41, 5.74) is 1.08. The van der Waals surface area contributed by atoms with Gasteiger partial charge in [-0.25, -0.2) is 9.89 Å². The molecule has 3 aromatic rings. The van der Waals surface area contributed by atoms with E-state index in [1.165, 1.54) is 16.7 Å². The molecule has 0 aliphatic rings. The van der Waals surface area contributed by atoms with Gasteiger partial charge in [-0.3, -0.25) is 9.36 Å². The lowest BCUT2D eigenvalue weighted by Gasteiger charge is -2.14. The lowest BCUT2D eigenvalue weighted by Crippen LogP contribution is -2.24. The summed E-state index contributed by atoms with van der Waals surface area (Å²) in [5, 5.41) is 9.93. The number of aromatic nitrogens is 3. The van der Waals surface area contributed by atoms with E-state index in [2.05, 4.69) is 15.5 Å². The van der Waals surface area contributed by atoms with Crippen LogP contribution in [0.1, 0.15) is 12.5 Å². The van der Waals surface area contributed by atoms with Crippen molar-refractivity contribution in [2.75, 3.05) is 5.32 Å². The Morgan fingerprint density at radius 1 is 1.21 bits per heavy atom. The monoisotopic (exact) mass is 470 g/mol. The van der Waals surface area contributed by atoms with Gasteiger partial charge in [0.2, 0.25) is 5.91 Å². The number of carbonyl (C=O) groups is 1. The summed E-state index contributed by atoms with van der Waals surface area (Å²) >= 11 is 19.3. The number of H-pyrrole nitrogens is 1. The van der Waals surface area contributed by atoms with Crippen LogP contribution in [0.3, 0.4) is 0 Å². The first-order valence-electron chi connectivity index (χ1n) is 8.66. The Hall–Kier alpha value is -1.93. The number of rotatable bonds is 7. The molecular weight excluding hydrogens is 455 g/mol. The second-order valence-corrected chi connectivity index (χ2v) is 8.75. The third-order valence-electron chi connectivity index (χ3n) is 4.10. The number of aromatic amines is 1. The number of carbonyl (C=O) groups excluding carboxylic acids is 1. The fourth-order valence-electron chi connectivity index (χ4n) is 2.57. The molecule has 152 valence electrons. The molecule has 0 aliphatic heterocycles. The van der Waals surface area contributed by atoms with Gasteiger partial charge in [-0.15, -0.1) is 5.10 Å². The topological polar surface area (TPSA) is 79.8 Å². The maximum Gasteiger partial charge on any atom is 0.343 e. The molecule has 1 amide bonds. The molecule has 6 nitrogen and oxygen atoms in total. The standard InChI is InChI=1S/C19H17Cl3N4O2S/c1-11(17(27)23-16-14(21)9-13(20)10-15(16)22)29-19-25-24-18(28)26(19)8-7-12-5-3-2-4-6-12/h2-6,9-11H,7-8H2,1H3,(H,23,27)(H,24,28). The molecule has 0 fully saturated rings. The fourth-order valence-corrected chi connectivity index (χ4v) is 4.37. The van der Waals surface area contributed by atoms with Gasteiger partial charge in [-0.2, -0.15) is 0 Å². The minimum atomic E-state index is -0.552. The van der Waals surface area contributed by atoms with Gasteiger partial charge < -0.3 is 5.32 Å². The molecule has 0 spiro atoms. The van der Waals surface area contributed by atoms with Gasteiger partial charge in [0.25, 0.3) is 0 Å². The number of nitrogens with one attached hydrogen (secondary N) is 2. The highest BCUT2D eigenvalue weighted by Gasteiger charge is 2.21. The number of benzene rings is 2. The van der Waals surface area contributed by atoms with E-state index in [1.807, 2.05) is 30.3 Å². The molecule has 0 saturated heterocycles. The van der Waals surface area contributed by atoms with Crippen molar-refractivity contribution in [2.24, 2.45) is 0 Å². The molecular formula is C19H17Cl3N4O2S. The fraction of sp³-hybridized carbons (Fsp3) is 0.211. The van der Waals surface area contributed by atoms with Crippen LogP contribution < -0.4 is 11.0 Å². The third-order valence-corrected chi connectivity index (χ3v) is 6.00. The molecule has 0 bridgehead atoms. The molecule has 1 atom stereocenters. The minimum absolute atomic E-state index is 0.243. The maximum absolute atomic E-state index is 12.6. The van der Waals surface area contributed by atoms with Gasteiger partial charge in [0.15, 0.2) is 5.16 Å². The predicted molar refractivity (Wildman–Crippen MR) is 118 cm³/mol. The lowest BCUT2D eigenvalue weighted by atomic mass is 10.1. The second-order valence-electron chi connectivity index (χ2n) is 6.19. The zero-order chi connectivity index (χ0) is 21.0. The van der Waals surface area contributed by atoms with Gasteiger partial charge in [0, 0.05) is 11.6 Å². The number of anilines is 1. The van der Waals surface area contributed by atoms with Gasteiger partial charge in [-0.1, -0.05) is 76.9 Å². The Bertz CT molecular complexity index is 1050. The Morgan fingerprint density at radius 3 is 2.52 bits per heavy atom. The van der Waals surface area contributed by atoms with Crippen molar-refractivity contribution in [1.82, 2.24) is 14.8 Å². The van der Waals surface area contributed by atoms with Crippen LogP contribution in [0.2, 0.25) is 15.1 Å². The normalized spacial score (nSPS) is 12.0. The molecule has 3 rings (SSSR count). The number of aryl methyl sites for hydroxylation is 1. The lowest BCUT2D eigenvalue weighted by molar-refractivity contribution is -0.115. The number of thioether (sulfide) groups is 1. The van der Waals surface area contributed by atoms with Gasteiger partial charge >= 0.3 is 5.69 Å². The average Bonchev–Trinajstić information content (AvgIpc) is 3.03.